The van der Waals surface area contributed by atoms with E-state index in [1.165, 1.54) is 28.4 Å². The van der Waals surface area contributed by atoms with Crippen LogP contribution in [0.4, 0.5) is 24.9 Å². The second kappa shape index (κ2) is 10.5. The van der Waals surface area contributed by atoms with E-state index < -0.39 is 36.0 Å². The summed E-state index contributed by atoms with van der Waals surface area (Å²) in [5.41, 5.74) is 1.88. The molecule has 1 N–H and O–H groups in total. The highest BCUT2D eigenvalue weighted by molar-refractivity contribution is 6.05. The van der Waals surface area contributed by atoms with Gasteiger partial charge in [-0.05, 0) is 36.4 Å². The molecular formula is C25H30N4O9. The maximum atomic E-state index is 13.4. The summed E-state index contributed by atoms with van der Waals surface area (Å²) in [5, 5.41) is 4.57. The zero-order valence-corrected chi connectivity index (χ0v) is 21.8. The summed E-state index contributed by atoms with van der Waals surface area (Å²) in [6.07, 6.45) is -1.52. The third-order valence-electron chi connectivity index (χ3n) is 7.08. The van der Waals surface area contributed by atoms with Crippen molar-refractivity contribution in [2.75, 3.05) is 40.6 Å². The Morgan fingerprint density at radius 1 is 0.921 bits per heavy atom. The summed E-state index contributed by atoms with van der Waals surface area (Å²) in [6.45, 7) is 0. The molecule has 0 radical (unpaired) electrons. The van der Waals surface area contributed by atoms with Gasteiger partial charge in [-0.1, -0.05) is 25.0 Å². The van der Waals surface area contributed by atoms with Gasteiger partial charge in [0.05, 0.1) is 47.3 Å². The van der Waals surface area contributed by atoms with Crippen LogP contribution in [0.3, 0.4) is 0 Å². The number of nitrogens with zero attached hydrogens (tertiary/aromatic N) is 3. The monoisotopic (exact) mass is 530 g/mol. The van der Waals surface area contributed by atoms with Crippen LogP contribution in [0, 0.1) is 0 Å². The molecule has 1 heterocycles. The summed E-state index contributed by atoms with van der Waals surface area (Å²) >= 11 is 0. The number of rotatable bonds is 2. The van der Waals surface area contributed by atoms with Gasteiger partial charge in [0.2, 0.25) is 0 Å². The van der Waals surface area contributed by atoms with Gasteiger partial charge in [0, 0.05) is 10.9 Å². The van der Waals surface area contributed by atoms with Gasteiger partial charge in [0.1, 0.15) is 11.3 Å². The lowest BCUT2D eigenvalue weighted by atomic mass is 9.69. The van der Waals surface area contributed by atoms with Gasteiger partial charge in [0.15, 0.2) is 0 Å². The zero-order valence-electron chi connectivity index (χ0n) is 21.8. The summed E-state index contributed by atoms with van der Waals surface area (Å²) in [4.78, 5) is 52.4. The van der Waals surface area contributed by atoms with Crippen molar-refractivity contribution in [1.29, 1.82) is 0 Å². The fraction of sp³-hybridized carbons (Fsp3) is 0.440. The van der Waals surface area contributed by atoms with Crippen LogP contribution in [-0.4, -0.2) is 76.0 Å². The van der Waals surface area contributed by atoms with E-state index in [1.807, 2.05) is 6.07 Å². The fourth-order valence-electron chi connectivity index (χ4n) is 5.51. The van der Waals surface area contributed by atoms with Gasteiger partial charge in [-0.25, -0.2) is 34.6 Å². The smallest absolute Gasteiger partial charge is 0.433 e. The first-order chi connectivity index (χ1) is 18.3. The van der Waals surface area contributed by atoms with Gasteiger partial charge in [-0.15, -0.1) is 0 Å². The highest BCUT2D eigenvalue weighted by atomic mass is 16.6. The second-order valence-corrected chi connectivity index (χ2v) is 8.74. The number of fused-ring (bicyclic) bond motifs is 5. The SMILES string of the molecule is COC(=O)NN(C(=O)OC)[C@]12CCCCC1N(C(=O)OC)N(C(=O)OC)c1c2ccc2cc(OC)ccc12. The zero-order chi connectivity index (χ0) is 27.6. The Bertz CT molecular complexity index is 1270. The van der Waals surface area contributed by atoms with Crippen molar-refractivity contribution in [2.24, 2.45) is 0 Å². The number of amides is 4. The summed E-state index contributed by atoms with van der Waals surface area (Å²) in [6, 6.07) is 7.95. The third-order valence-corrected chi connectivity index (χ3v) is 7.08. The average molecular weight is 531 g/mol. The number of carbonyl (C=O) groups is 4. The van der Waals surface area contributed by atoms with Gasteiger partial charge in [-0.2, -0.15) is 5.01 Å². The van der Waals surface area contributed by atoms with Crippen molar-refractivity contribution in [3.63, 3.8) is 0 Å². The molecule has 0 saturated heterocycles. The lowest BCUT2D eigenvalue weighted by Crippen LogP contribution is -2.73. The van der Waals surface area contributed by atoms with Crippen molar-refractivity contribution in [3.8, 4) is 5.75 Å². The van der Waals surface area contributed by atoms with Gasteiger partial charge < -0.3 is 23.7 Å². The number of hydrazine groups is 2. The van der Waals surface area contributed by atoms with Crippen molar-refractivity contribution >= 4 is 40.8 Å². The normalized spacial score (nSPS) is 20.0. The molecule has 2 aromatic carbocycles. The lowest BCUT2D eigenvalue weighted by molar-refractivity contribution is -0.0573. The molecule has 0 aromatic heterocycles. The Morgan fingerprint density at radius 2 is 1.66 bits per heavy atom. The number of hydrogen-bond acceptors (Lipinski definition) is 9. The van der Waals surface area contributed by atoms with E-state index in [2.05, 4.69) is 5.43 Å². The number of ether oxygens (including phenoxy) is 5. The van der Waals surface area contributed by atoms with Crippen LogP contribution in [0.1, 0.15) is 31.2 Å². The van der Waals surface area contributed by atoms with Gasteiger partial charge in [-0.3, -0.25) is 0 Å². The number of nitrogens with one attached hydrogen (secondary N) is 1. The van der Waals surface area contributed by atoms with Gasteiger partial charge in [0.25, 0.3) is 0 Å². The minimum atomic E-state index is -1.37. The van der Waals surface area contributed by atoms with Crippen molar-refractivity contribution in [3.05, 3.63) is 35.9 Å². The maximum Gasteiger partial charge on any atom is 0.433 e. The highest BCUT2D eigenvalue weighted by Crippen LogP contribution is 2.54. The molecule has 13 heteroatoms. The number of hydrogen-bond donors (Lipinski definition) is 1. The first-order valence-electron chi connectivity index (χ1n) is 11.9. The predicted octanol–water partition coefficient (Wildman–Crippen LogP) is 3.90. The standard InChI is InChI=1S/C25H30N4O9/c1-34-16-10-11-17-15(14-16)9-12-18-20(17)28(23(32)37-4)27(22(31)36-3)19-8-6-7-13-25(18,19)29(24(33)38-5)26-21(30)35-2/h9-12,14,19H,6-8,13H2,1-5H3,(H,26,30)/t19?,25-/m0/s1. The van der Waals surface area contributed by atoms with E-state index in [0.29, 0.717) is 47.8 Å². The molecule has 204 valence electrons. The molecule has 2 aromatic rings. The molecule has 2 atom stereocenters. The Labute approximate surface area is 219 Å². The Morgan fingerprint density at radius 3 is 2.29 bits per heavy atom. The number of anilines is 1. The number of methoxy groups -OCH3 is 5. The Kier molecular flexibility index (Phi) is 7.37. The molecule has 1 saturated carbocycles. The molecule has 13 nitrogen and oxygen atoms in total. The molecule has 1 aliphatic carbocycles. The van der Waals surface area contributed by atoms with Crippen LogP contribution in [-0.2, 0) is 24.5 Å². The molecular weight excluding hydrogens is 500 g/mol. The minimum absolute atomic E-state index is 0.279. The third kappa shape index (κ3) is 4.03. The van der Waals surface area contributed by atoms with Crippen molar-refractivity contribution in [2.45, 2.75) is 37.3 Å². The van der Waals surface area contributed by atoms with Crippen molar-refractivity contribution < 1.29 is 42.9 Å². The topological polar surface area (TPSA) is 136 Å². The quantitative estimate of drug-likeness (QED) is 0.453. The predicted molar refractivity (Wildman–Crippen MR) is 133 cm³/mol. The first kappa shape index (κ1) is 26.6. The molecule has 38 heavy (non-hydrogen) atoms. The largest absolute Gasteiger partial charge is 0.497 e. The van der Waals surface area contributed by atoms with E-state index in [0.717, 1.165) is 22.1 Å². The molecule has 0 spiro atoms. The molecule has 1 fully saturated rings. The summed E-state index contributed by atoms with van der Waals surface area (Å²) in [7, 11) is 6.27. The summed E-state index contributed by atoms with van der Waals surface area (Å²) < 4.78 is 25.4. The Hall–Kier alpha value is -4.42. The van der Waals surface area contributed by atoms with E-state index in [-0.39, 0.29) is 5.69 Å². The fourth-order valence-corrected chi connectivity index (χ4v) is 5.51. The first-order valence-corrected chi connectivity index (χ1v) is 11.9. The summed E-state index contributed by atoms with van der Waals surface area (Å²) in [5.74, 6) is 0.580. The molecule has 0 bridgehead atoms. The van der Waals surface area contributed by atoms with Crippen LogP contribution in [0.15, 0.2) is 30.3 Å². The van der Waals surface area contributed by atoms with Crippen LogP contribution in [0.5, 0.6) is 5.75 Å². The lowest BCUT2D eigenvalue weighted by Gasteiger charge is -2.58. The van der Waals surface area contributed by atoms with E-state index in [9.17, 15) is 19.2 Å². The molecule has 4 amide bonds. The Balaban J connectivity index is 2.14. The van der Waals surface area contributed by atoms with Crippen LogP contribution >= 0.6 is 0 Å². The number of carbonyl (C=O) groups excluding carboxylic acids is 4. The average Bonchev–Trinajstić information content (AvgIpc) is 2.96. The highest BCUT2D eigenvalue weighted by Gasteiger charge is 2.61. The molecule has 4 rings (SSSR count). The van der Waals surface area contributed by atoms with E-state index in [4.69, 9.17) is 23.7 Å². The second-order valence-electron chi connectivity index (χ2n) is 8.74. The maximum absolute atomic E-state index is 13.4. The van der Waals surface area contributed by atoms with Crippen LogP contribution < -0.4 is 15.2 Å². The van der Waals surface area contributed by atoms with E-state index >= 15 is 0 Å². The van der Waals surface area contributed by atoms with E-state index in [1.54, 1.807) is 24.3 Å². The van der Waals surface area contributed by atoms with Crippen molar-refractivity contribution in [1.82, 2.24) is 15.4 Å². The van der Waals surface area contributed by atoms with Crippen LogP contribution in [0.2, 0.25) is 0 Å². The molecule has 1 aliphatic heterocycles. The van der Waals surface area contributed by atoms with Gasteiger partial charge >= 0.3 is 24.4 Å². The molecule has 2 aliphatic rings. The number of benzene rings is 2. The minimum Gasteiger partial charge on any atom is -0.497 e. The molecule has 1 unspecified atom stereocenters. The van der Waals surface area contributed by atoms with Crippen LogP contribution in [0.25, 0.3) is 10.8 Å².